The van der Waals surface area contributed by atoms with Crippen molar-refractivity contribution in [3.05, 3.63) is 10.6 Å². The summed E-state index contributed by atoms with van der Waals surface area (Å²) < 4.78 is 3.73. The molecule has 1 heterocycles. The van der Waals surface area contributed by atoms with Gasteiger partial charge in [-0.2, -0.15) is 0 Å². The normalized spacial score (nSPS) is 12.1. The van der Waals surface area contributed by atoms with Crippen molar-refractivity contribution in [2.75, 3.05) is 6.54 Å². The lowest BCUT2D eigenvalue weighted by molar-refractivity contribution is -0.137. The molecule has 7 heteroatoms. The van der Waals surface area contributed by atoms with Gasteiger partial charge in [0, 0.05) is 13.0 Å². The monoisotopic (exact) mass is 299 g/mol. The van der Waals surface area contributed by atoms with Crippen LogP contribution in [-0.2, 0) is 4.79 Å². The molecule has 1 aromatic rings. The van der Waals surface area contributed by atoms with Gasteiger partial charge >= 0.3 is 5.97 Å². The van der Waals surface area contributed by atoms with Gasteiger partial charge in [-0.3, -0.25) is 9.59 Å². The average Bonchev–Trinajstić information content (AvgIpc) is 2.82. The van der Waals surface area contributed by atoms with Gasteiger partial charge in [0.15, 0.2) is 0 Å². The highest BCUT2D eigenvalue weighted by molar-refractivity contribution is 7.07. The van der Waals surface area contributed by atoms with Crippen LogP contribution in [0.1, 0.15) is 54.4 Å². The number of carboxylic acid groups (broad SMARTS) is 1. The molecule has 1 rings (SSSR count). The van der Waals surface area contributed by atoms with Gasteiger partial charge in [-0.25, -0.2) is 0 Å². The Balaban J connectivity index is 2.34. The average molecular weight is 299 g/mol. The van der Waals surface area contributed by atoms with E-state index in [2.05, 4.69) is 21.8 Å². The van der Waals surface area contributed by atoms with Crippen molar-refractivity contribution in [2.24, 2.45) is 5.92 Å². The number of carbonyl (C=O) groups excluding carboxylic acids is 1. The smallest absolute Gasteiger partial charge is 0.303 e. The van der Waals surface area contributed by atoms with Gasteiger partial charge in [-0.05, 0) is 37.2 Å². The summed E-state index contributed by atoms with van der Waals surface area (Å²) in [7, 11) is 0. The molecule has 0 radical (unpaired) electrons. The summed E-state index contributed by atoms with van der Waals surface area (Å²) in [5.41, 5.74) is 0.642. The molecule has 20 heavy (non-hydrogen) atoms. The van der Waals surface area contributed by atoms with Crippen LogP contribution in [-0.4, -0.2) is 33.1 Å². The molecule has 0 aliphatic carbocycles. The van der Waals surface area contributed by atoms with E-state index < -0.39 is 5.97 Å². The number of hydrogen-bond acceptors (Lipinski definition) is 5. The predicted molar refractivity (Wildman–Crippen MR) is 76.9 cm³/mol. The van der Waals surface area contributed by atoms with E-state index in [9.17, 15) is 9.59 Å². The summed E-state index contributed by atoms with van der Waals surface area (Å²) >= 11 is 1.09. The Kier molecular flexibility index (Phi) is 7.14. The molecule has 6 nitrogen and oxygen atoms in total. The maximum absolute atomic E-state index is 11.9. The maximum Gasteiger partial charge on any atom is 0.303 e. The molecule has 1 aromatic heterocycles. The lowest BCUT2D eigenvalue weighted by atomic mass is 9.94. The van der Waals surface area contributed by atoms with Gasteiger partial charge in [0.2, 0.25) is 0 Å². The second kappa shape index (κ2) is 8.63. The third kappa shape index (κ3) is 5.64. The fourth-order valence-corrected chi connectivity index (χ4v) is 2.65. The second-order valence-electron chi connectivity index (χ2n) is 4.82. The standard InChI is InChI=1S/C13H21N3O3S/c1-3-4-10(5-6-11(17)18)7-8-14-13(19)12-9(2)15-16-20-12/h10H,3-8H2,1-2H3,(H,14,19)(H,17,18). The molecule has 0 saturated carbocycles. The van der Waals surface area contributed by atoms with Gasteiger partial charge < -0.3 is 10.4 Å². The molecule has 0 aliphatic heterocycles. The molecule has 0 bridgehead atoms. The fourth-order valence-electron chi connectivity index (χ4n) is 2.08. The van der Waals surface area contributed by atoms with Crippen LogP contribution in [0, 0.1) is 12.8 Å². The maximum atomic E-state index is 11.9. The summed E-state index contributed by atoms with van der Waals surface area (Å²) in [6.45, 7) is 4.39. The molecular formula is C13H21N3O3S. The van der Waals surface area contributed by atoms with Gasteiger partial charge in [0.1, 0.15) is 4.88 Å². The van der Waals surface area contributed by atoms with Crippen LogP contribution >= 0.6 is 11.5 Å². The zero-order valence-corrected chi connectivity index (χ0v) is 12.7. The molecule has 0 aromatic carbocycles. The Morgan fingerprint density at radius 1 is 1.35 bits per heavy atom. The van der Waals surface area contributed by atoms with Crippen LogP contribution in [0.5, 0.6) is 0 Å². The predicted octanol–water partition coefficient (Wildman–Crippen LogP) is 2.25. The molecule has 2 N–H and O–H groups in total. The lowest BCUT2D eigenvalue weighted by Gasteiger charge is -2.15. The first-order valence-corrected chi connectivity index (χ1v) is 7.60. The summed E-state index contributed by atoms with van der Waals surface area (Å²) in [5.74, 6) is -0.565. The van der Waals surface area contributed by atoms with Crippen LogP contribution in [0.3, 0.4) is 0 Å². The summed E-state index contributed by atoms with van der Waals surface area (Å²) in [6.07, 6.45) is 3.68. The molecule has 0 saturated heterocycles. The van der Waals surface area contributed by atoms with Gasteiger partial charge in [0.05, 0.1) is 5.69 Å². The largest absolute Gasteiger partial charge is 0.481 e. The first-order chi connectivity index (χ1) is 9.54. The SMILES string of the molecule is CCCC(CCNC(=O)c1snnc1C)CCC(=O)O. The summed E-state index contributed by atoms with van der Waals surface area (Å²) in [4.78, 5) is 23.0. The number of rotatable bonds is 9. The Labute approximate surface area is 122 Å². The Morgan fingerprint density at radius 2 is 2.10 bits per heavy atom. The fraction of sp³-hybridized carbons (Fsp3) is 0.692. The molecule has 0 fully saturated rings. The summed E-state index contributed by atoms with van der Waals surface area (Å²) in [5, 5.41) is 15.4. The number of carboxylic acids is 1. The number of nitrogens with one attached hydrogen (secondary N) is 1. The third-order valence-electron chi connectivity index (χ3n) is 3.16. The van der Waals surface area contributed by atoms with E-state index in [-0.39, 0.29) is 12.3 Å². The zero-order valence-electron chi connectivity index (χ0n) is 11.9. The van der Waals surface area contributed by atoms with Crippen LogP contribution in [0.4, 0.5) is 0 Å². The third-order valence-corrected chi connectivity index (χ3v) is 3.99. The van der Waals surface area contributed by atoms with E-state index in [1.807, 2.05) is 0 Å². The van der Waals surface area contributed by atoms with E-state index in [0.717, 1.165) is 30.8 Å². The molecule has 112 valence electrons. The number of carbonyl (C=O) groups is 2. The minimum Gasteiger partial charge on any atom is -0.481 e. The van der Waals surface area contributed by atoms with Crippen molar-refractivity contribution >= 4 is 23.4 Å². The molecule has 0 spiro atoms. The number of aromatic nitrogens is 2. The van der Waals surface area contributed by atoms with E-state index in [4.69, 9.17) is 5.11 Å². The van der Waals surface area contributed by atoms with Crippen molar-refractivity contribution in [3.8, 4) is 0 Å². The first-order valence-electron chi connectivity index (χ1n) is 6.83. The molecule has 1 atom stereocenters. The number of aryl methyl sites for hydroxylation is 1. The van der Waals surface area contributed by atoms with Crippen molar-refractivity contribution in [1.82, 2.24) is 14.9 Å². The summed E-state index contributed by atoms with van der Waals surface area (Å²) in [6, 6.07) is 0. The molecular weight excluding hydrogens is 278 g/mol. The number of aliphatic carboxylic acids is 1. The minimum atomic E-state index is -0.763. The van der Waals surface area contributed by atoms with Crippen LogP contribution in [0.15, 0.2) is 0 Å². The van der Waals surface area contributed by atoms with Gasteiger partial charge in [0.25, 0.3) is 5.91 Å². The Morgan fingerprint density at radius 3 is 2.65 bits per heavy atom. The van der Waals surface area contributed by atoms with E-state index in [1.54, 1.807) is 6.92 Å². The first kappa shape index (κ1) is 16.6. The highest BCUT2D eigenvalue weighted by Gasteiger charge is 2.14. The highest BCUT2D eigenvalue weighted by Crippen LogP contribution is 2.17. The second-order valence-corrected chi connectivity index (χ2v) is 5.57. The Bertz CT molecular complexity index is 448. The Hall–Kier alpha value is -1.50. The van der Waals surface area contributed by atoms with Crippen molar-refractivity contribution < 1.29 is 14.7 Å². The van der Waals surface area contributed by atoms with Crippen molar-refractivity contribution in [2.45, 2.75) is 46.0 Å². The lowest BCUT2D eigenvalue weighted by Crippen LogP contribution is -2.26. The van der Waals surface area contributed by atoms with Gasteiger partial charge in [-0.15, -0.1) is 5.10 Å². The van der Waals surface area contributed by atoms with Crippen LogP contribution < -0.4 is 5.32 Å². The molecule has 1 unspecified atom stereocenters. The number of amides is 1. The quantitative estimate of drug-likeness (QED) is 0.729. The van der Waals surface area contributed by atoms with Gasteiger partial charge in [-0.1, -0.05) is 24.3 Å². The van der Waals surface area contributed by atoms with E-state index in [0.29, 0.717) is 29.5 Å². The topological polar surface area (TPSA) is 92.2 Å². The number of nitrogens with zero attached hydrogens (tertiary/aromatic N) is 2. The molecule has 0 aliphatic rings. The van der Waals surface area contributed by atoms with Crippen molar-refractivity contribution in [3.63, 3.8) is 0 Å². The van der Waals surface area contributed by atoms with Crippen LogP contribution in [0.25, 0.3) is 0 Å². The van der Waals surface area contributed by atoms with Crippen molar-refractivity contribution in [1.29, 1.82) is 0 Å². The van der Waals surface area contributed by atoms with Crippen LogP contribution in [0.2, 0.25) is 0 Å². The number of hydrogen-bond donors (Lipinski definition) is 2. The molecule has 1 amide bonds. The minimum absolute atomic E-state index is 0.147. The zero-order chi connectivity index (χ0) is 15.0. The van der Waals surface area contributed by atoms with E-state index in [1.165, 1.54) is 0 Å². The van der Waals surface area contributed by atoms with E-state index >= 15 is 0 Å². The highest BCUT2D eigenvalue weighted by atomic mass is 32.1.